The molecule has 1 aliphatic rings. The van der Waals surface area contributed by atoms with Crippen LogP contribution in [0.4, 0.5) is 0 Å². The molecule has 1 aliphatic heterocycles. The van der Waals surface area contributed by atoms with Crippen molar-refractivity contribution in [3.05, 3.63) is 0 Å². The maximum absolute atomic E-state index is 12.4. The Hall–Kier alpha value is -0.570. The summed E-state index contributed by atoms with van der Waals surface area (Å²) in [5.41, 5.74) is 6.22. The monoisotopic (exact) mass is 254 g/mol. The second kappa shape index (κ2) is 6.55. The standard InChI is InChI=1S/C15H30N2O/c1-5-15(6-2)7-9-17(10-8-15)14(18)13(11-16)12(3)4/h12-13H,5-11,16H2,1-4H3. The fourth-order valence-electron chi connectivity index (χ4n) is 3.05. The molecule has 1 fully saturated rings. The van der Waals surface area contributed by atoms with Gasteiger partial charge in [0, 0.05) is 19.6 Å². The molecule has 1 unspecified atom stereocenters. The lowest BCUT2D eigenvalue weighted by Crippen LogP contribution is -2.47. The number of rotatable bonds is 5. The van der Waals surface area contributed by atoms with E-state index in [-0.39, 0.29) is 11.8 Å². The minimum atomic E-state index is 0.000697. The molecule has 1 atom stereocenters. The van der Waals surface area contributed by atoms with Gasteiger partial charge in [-0.25, -0.2) is 0 Å². The van der Waals surface area contributed by atoms with E-state index in [0.29, 0.717) is 17.9 Å². The molecule has 1 rings (SSSR count). The average molecular weight is 254 g/mol. The lowest BCUT2D eigenvalue weighted by Gasteiger charge is -2.42. The van der Waals surface area contributed by atoms with Crippen molar-refractivity contribution in [1.29, 1.82) is 0 Å². The third-order valence-electron chi connectivity index (χ3n) is 5.01. The third kappa shape index (κ3) is 3.25. The van der Waals surface area contributed by atoms with Crippen molar-refractivity contribution in [3.8, 4) is 0 Å². The van der Waals surface area contributed by atoms with Crippen LogP contribution >= 0.6 is 0 Å². The molecule has 1 amide bonds. The van der Waals surface area contributed by atoms with Crippen LogP contribution in [-0.4, -0.2) is 30.4 Å². The highest BCUT2D eigenvalue weighted by molar-refractivity contribution is 5.79. The molecule has 1 heterocycles. The maximum atomic E-state index is 12.4. The largest absolute Gasteiger partial charge is 0.342 e. The van der Waals surface area contributed by atoms with Crippen LogP contribution in [0.1, 0.15) is 53.4 Å². The number of hydrogen-bond acceptors (Lipinski definition) is 2. The summed E-state index contributed by atoms with van der Waals surface area (Å²) in [7, 11) is 0. The summed E-state index contributed by atoms with van der Waals surface area (Å²) < 4.78 is 0. The van der Waals surface area contributed by atoms with Crippen molar-refractivity contribution < 1.29 is 4.79 Å². The predicted octanol–water partition coefficient (Wildman–Crippen LogP) is 2.65. The molecule has 0 radical (unpaired) electrons. The normalized spacial score (nSPS) is 21.1. The van der Waals surface area contributed by atoms with Crippen molar-refractivity contribution in [2.24, 2.45) is 23.0 Å². The van der Waals surface area contributed by atoms with Gasteiger partial charge in [-0.15, -0.1) is 0 Å². The molecule has 0 aromatic rings. The van der Waals surface area contributed by atoms with Gasteiger partial charge in [-0.05, 0) is 24.2 Å². The Morgan fingerprint density at radius 3 is 2.06 bits per heavy atom. The molecule has 0 aliphatic carbocycles. The zero-order valence-electron chi connectivity index (χ0n) is 12.5. The maximum Gasteiger partial charge on any atom is 0.227 e. The summed E-state index contributed by atoms with van der Waals surface area (Å²) in [5, 5.41) is 0. The average Bonchev–Trinajstić information content (AvgIpc) is 2.39. The number of carbonyl (C=O) groups is 1. The first kappa shape index (κ1) is 15.5. The van der Waals surface area contributed by atoms with Crippen LogP contribution in [0, 0.1) is 17.3 Å². The van der Waals surface area contributed by atoms with Gasteiger partial charge >= 0.3 is 0 Å². The minimum absolute atomic E-state index is 0.000697. The van der Waals surface area contributed by atoms with E-state index < -0.39 is 0 Å². The number of carbonyl (C=O) groups excluding carboxylic acids is 1. The Labute approximate surface area is 112 Å². The number of hydrogen-bond donors (Lipinski definition) is 1. The van der Waals surface area contributed by atoms with Crippen molar-refractivity contribution in [2.75, 3.05) is 19.6 Å². The SMILES string of the molecule is CCC1(CC)CCN(C(=O)C(CN)C(C)C)CC1. The van der Waals surface area contributed by atoms with Gasteiger partial charge in [0.05, 0.1) is 5.92 Å². The van der Waals surface area contributed by atoms with Gasteiger partial charge in [-0.1, -0.05) is 40.5 Å². The fraction of sp³-hybridized carbons (Fsp3) is 0.933. The van der Waals surface area contributed by atoms with Gasteiger partial charge in [0.1, 0.15) is 0 Å². The van der Waals surface area contributed by atoms with Gasteiger partial charge in [-0.3, -0.25) is 4.79 Å². The summed E-state index contributed by atoms with van der Waals surface area (Å²) in [4.78, 5) is 14.4. The number of likely N-dealkylation sites (tertiary alicyclic amines) is 1. The molecule has 3 nitrogen and oxygen atoms in total. The predicted molar refractivity (Wildman–Crippen MR) is 76.2 cm³/mol. The molecule has 18 heavy (non-hydrogen) atoms. The van der Waals surface area contributed by atoms with Crippen LogP contribution in [0.3, 0.4) is 0 Å². The van der Waals surface area contributed by atoms with Crippen molar-refractivity contribution in [3.63, 3.8) is 0 Å². The third-order valence-corrected chi connectivity index (χ3v) is 5.01. The molecule has 0 saturated carbocycles. The zero-order chi connectivity index (χ0) is 13.8. The van der Waals surface area contributed by atoms with Gasteiger partial charge in [0.25, 0.3) is 0 Å². The van der Waals surface area contributed by atoms with E-state index in [0.717, 1.165) is 25.9 Å². The Balaban J connectivity index is 2.59. The number of piperidine rings is 1. The molecule has 3 heteroatoms. The van der Waals surface area contributed by atoms with Gasteiger partial charge in [0.15, 0.2) is 0 Å². The smallest absolute Gasteiger partial charge is 0.227 e. The Morgan fingerprint density at radius 1 is 1.22 bits per heavy atom. The van der Waals surface area contributed by atoms with Crippen molar-refractivity contribution in [2.45, 2.75) is 53.4 Å². The van der Waals surface area contributed by atoms with Crippen LogP contribution < -0.4 is 5.73 Å². The van der Waals surface area contributed by atoms with Crippen LogP contribution in [0.5, 0.6) is 0 Å². The summed E-state index contributed by atoms with van der Waals surface area (Å²) in [6, 6.07) is 0. The highest BCUT2D eigenvalue weighted by atomic mass is 16.2. The van der Waals surface area contributed by atoms with E-state index in [1.54, 1.807) is 0 Å². The van der Waals surface area contributed by atoms with E-state index in [4.69, 9.17) is 5.73 Å². The molecular formula is C15H30N2O. The fourth-order valence-corrected chi connectivity index (χ4v) is 3.05. The molecule has 106 valence electrons. The Bertz CT molecular complexity index is 262. The molecule has 0 aromatic heterocycles. The Kier molecular flexibility index (Phi) is 5.64. The second-order valence-electron chi connectivity index (χ2n) is 6.12. The van der Waals surface area contributed by atoms with Crippen LogP contribution in [-0.2, 0) is 4.79 Å². The van der Waals surface area contributed by atoms with E-state index in [1.807, 2.05) is 4.90 Å². The van der Waals surface area contributed by atoms with E-state index in [2.05, 4.69) is 27.7 Å². The van der Waals surface area contributed by atoms with Crippen molar-refractivity contribution >= 4 is 5.91 Å². The highest BCUT2D eigenvalue weighted by Gasteiger charge is 2.35. The Morgan fingerprint density at radius 2 is 1.72 bits per heavy atom. The minimum Gasteiger partial charge on any atom is -0.342 e. The highest BCUT2D eigenvalue weighted by Crippen LogP contribution is 2.38. The summed E-state index contributed by atoms with van der Waals surface area (Å²) in [5.74, 6) is 0.612. The van der Waals surface area contributed by atoms with Gasteiger partial charge < -0.3 is 10.6 Å². The van der Waals surface area contributed by atoms with Crippen molar-refractivity contribution in [1.82, 2.24) is 4.90 Å². The number of nitrogens with two attached hydrogens (primary N) is 1. The number of nitrogens with zero attached hydrogens (tertiary/aromatic N) is 1. The molecule has 0 spiro atoms. The summed E-state index contributed by atoms with van der Waals surface area (Å²) in [6.45, 7) is 11.0. The number of amides is 1. The first-order chi connectivity index (χ1) is 8.49. The lowest BCUT2D eigenvalue weighted by atomic mass is 9.74. The topological polar surface area (TPSA) is 46.3 Å². The molecule has 2 N–H and O–H groups in total. The van der Waals surface area contributed by atoms with E-state index in [9.17, 15) is 4.79 Å². The molecule has 0 bridgehead atoms. The lowest BCUT2D eigenvalue weighted by molar-refractivity contribution is -0.139. The summed E-state index contributed by atoms with van der Waals surface area (Å²) in [6.07, 6.45) is 4.77. The first-order valence-corrected chi connectivity index (χ1v) is 7.48. The van der Waals surface area contributed by atoms with Crippen LogP contribution in [0.15, 0.2) is 0 Å². The van der Waals surface area contributed by atoms with Gasteiger partial charge in [-0.2, -0.15) is 0 Å². The molecule has 0 aromatic carbocycles. The second-order valence-corrected chi connectivity index (χ2v) is 6.12. The summed E-state index contributed by atoms with van der Waals surface area (Å²) >= 11 is 0. The van der Waals surface area contributed by atoms with Gasteiger partial charge in [0.2, 0.25) is 5.91 Å². The first-order valence-electron chi connectivity index (χ1n) is 7.48. The quantitative estimate of drug-likeness (QED) is 0.820. The molecule has 1 saturated heterocycles. The van der Waals surface area contributed by atoms with Crippen LogP contribution in [0.2, 0.25) is 0 Å². The van der Waals surface area contributed by atoms with E-state index >= 15 is 0 Å². The molecular weight excluding hydrogens is 224 g/mol. The van der Waals surface area contributed by atoms with E-state index in [1.165, 1.54) is 12.8 Å². The zero-order valence-corrected chi connectivity index (χ0v) is 12.5. The van der Waals surface area contributed by atoms with Crippen LogP contribution in [0.25, 0.3) is 0 Å².